The van der Waals surface area contributed by atoms with Crippen LogP contribution in [0.15, 0.2) is 0 Å². The largest absolute Gasteiger partial charge is 0.668 e. The van der Waals surface area contributed by atoms with E-state index in [1.54, 1.807) is 0 Å². The van der Waals surface area contributed by atoms with Crippen LogP contribution in [-0.2, 0) is 0 Å². The third-order valence-electron chi connectivity index (χ3n) is 0. The zero-order valence-electron chi connectivity index (χ0n) is 16.1. The van der Waals surface area contributed by atoms with Gasteiger partial charge in [-0.25, -0.2) is 0 Å². The minimum absolute atomic E-state index is 2.00. The van der Waals surface area contributed by atoms with Crippen LogP contribution in [0.4, 0.5) is 0 Å². The number of hydrogen-bond donors (Lipinski definition) is 4. The van der Waals surface area contributed by atoms with Crippen LogP contribution in [0.3, 0.4) is 0 Å². The van der Waals surface area contributed by atoms with Crippen LogP contribution in [0.1, 0.15) is 0 Å². The first-order valence-electron chi connectivity index (χ1n) is 6.26. The van der Waals surface area contributed by atoms with E-state index in [9.17, 15) is 0 Å². The highest BCUT2D eigenvalue weighted by Crippen LogP contribution is 1.67. The summed E-state index contributed by atoms with van der Waals surface area (Å²) in [5.41, 5.74) is 0. The standard InChI is InChI=1S/4C3H9N.H4O4Si/c4*1-4(2)3;1-5(2,3)4/h4*1-3H3;1-4H. The van der Waals surface area contributed by atoms with Crippen molar-refractivity contribution in [1.29, 1.82) is 0 Å². The van der Waals surface area contributed by atoms with Gasteiger partial charge in [0.2, 0.25) is 0 Å². The van der Waals surface area contributed by atoms with Crippen LogP contribution in [-0.4, -0.2) is 132 Å². The molecule has 0 atom stereocenters. The van der Waals surface area contributed by atoms with Crippen molar-refractivity contribution in [2.24, 2.45) is 0 Å². The summed E-state index contributed by atoms with van der Waals surface area (Å²) in [6.45, 7) is 0. The quantitative estimate of drug-likeness (QED) is 0.382. The molecule has 4 N–H and O–H groups in total. The minimum atomic E-state index is -4.61. The SMILES string of the molecule is CN(C)C.CN(C)C.CN(C)C.CN(C)C.O[Si](O)(O)O. The van der Waals surface area contributed by atoms with E-state index in [4.69, 9.17) is 19.2 Å². The molecule has 0 aliphatic heterocycles. The van der Waals surface area contributed by atoms with Crippen molar-refractivity contribution < 1.29 is 19.2 Å². The lowest BCUT2D eigenvalue weighted by atomic mass is 11.0. The summed E-state index contributed by atoms with van der Waals surface area (Å²) >= 11 is 0. The first-order valence-corrected chi connectivity index (χ1v) is 8.05. The van der Waals surface area contributed by atoms with E-state index in [-0.39, 0.29) is 0 Å². The molecule has 0 aromatic heterocycles. The van der Waals surface area contributed by atoms with Crippen LogP contribution < -0.4 is 0 Å². The van der Waals surface area contributed by atoms with E-state index < -0.39 is 9.05 Å². The second-order valence-electron chi connectivity index (χ2n) is 5.97. The Labute approximate surface area is 133 Å². The molecular weight excluding hydrogens is 292 g/mol. The van der Waals surface area contributed by atoms with Crippen LogP contribution in [0.25, 0.3) is 0 Å². The monoisotopic (exact) mass is 332 g/mol. The van der Waals surface area contributed by atoms with Gasteiger partial charge in [-0.2, -0.15) is 0 Å². The van der Waals surface area contributed by atoms with Crippen LogP contribution >= 0.6 is 0 Å². The predicted octanol–water partition coefficient (Wildman–Crippen LogP) is -1.90. The average molecular weight is 333 g/mol. The Morgan fingerprint density at radius 1 is 0.381 bits per heavy atom. The lowest BCUT2D eigenvalue weighted by molar-refractivity contribution is 0.117. The van der Waals surface area contributed by atoms with Gasteiger partial charge < -0.3 is 38.8 Å². The molecule has 0 rings (SSSR count). The van der Waals surface area contributed by atoms with Crippen LogP contribution in [0.2, 0.25) is 0 Å². The van der Waals surface area contributed by atoms with E-state index in [2.05, 4.69) is 0 Å². The van der Waals surface area contributed by atoms with Gasteiger partial charge in [-0.1, -0.05) is 0 Å². The smallest absolute Gasteiger partial charge is 0.368 e. The van der Waals surface area contributed by atoms with Crippen LogP contribution in [0, 0.1) is 0 Å². The second kappa shape index (κ2) is 22.2. The Balaban J connectivity index is -0.0000000510. The maximum absolute atomic E-state index is 7.33. The molecule has 0 unspecified atom stereocenters. The van der Waals surface area contributed by atoms with Gasteiger partial charge in [-0.3, -0.25) is 0 Å². The third kappa shape index (κ3) is 599000. The van der Waals surface area contributed by atoms with E-state index >= 15 is 0 Å². The number of hydrogen-bond acceptors (Lipinski definition) is 8. The van der Waals surface area contributed by atoms with E-state index in [1.807, 2.05) is 104 Å². The summed E-state index contributed by atoms with van der Waals surface area (Å²) in [5, 5.41) is 0. The Morgan fingerprint density at radius 3 is 0.381 bits per heavy atom. The van der Waals surface area contributed by atoms with Gasteiger partial charge in [0.1, 0.15) is 0 Å². The molecule has 0 spiro atoms. The van der Waals surface area contributed by atoms with Gasteiger partial charge in [0, 0.05) is 0 Å². The molecule has 0 amide bonds. The summed E-state index contributed by atoms with van der Waals surface area (Å²) in [6.07, 6.45) is 0. The molecule has 21 heavy (non-hydrogen) atoms. The van der Waals surface area contributed by atoms with Crippen molar-refractivity contribution in [3.8, 4) is 0 Å². The fraction of sp³-hybridized carbons (Fsp3) is 1.00. The Hall–Kier alpha value is -0.103. The summed E-state index contributed by atoms with van der Waals surface area (Å²) < 4.78 is 0. The highest BCUT2D eigenvalue weighted by molar-refractivity contribution is 6.46. The number of rotatable bonds is 0. The molecule has 0 heterocycles. The van der Waals surface area contributed by atoms with Crippen molar-refractivity contribution in [1.82, 2.24) is 19.6 Å². The second-order valence-corrected chi connectivity index (χ2v) is 7.17. The molecule has 0 aliphatic carbocycles. The number of nitrogens with zero attached hydrogens (tertiary/aromatic N) is 4. The third-order valence-corrected chi connectivity index (χ3v) is 0. The minimum Gasteiger partial charge on any atom is -0.368 e. The van der Waals surface area contributed by atoms with Gasteiger partial charge >= 0.3 is 9.05 Å². The fourth-order valence-electron chi connectivity index (χ4n) is 0. The molecule has 9 heteroatoms. The molecule has 0 aliphatic rings. The van der Waals surface area contributed by atoms with Gasteiger partial charge in [0.05, 0.1) is 0 Å². The fourth-order valence-corrected chi connectivity index (χ4v) is 0. The Kier molecular flexibility index (Phi) is 34.6. The maximum Gasteiger partial charge on any atom is 0.668 e. The molecule has 0 aromatic carbocycles. The molecule has 0 saturated heterocycles. The lowest BCUT2D eigenvalue weighted by Crippen LogP contribution is -2.33. The lowest BCUT2D eigenvalue weighted by Gasteiger charge is -1.91. The van der Waals surface area contributed by atoms with E-state index in [0.29, 0.717) is 0 Å². The van der Waals surface area contributed by atoms with Crippen molar-refractivity contribution in [2.75, 3.05) is 84.6 Å². The molecule has 0 fully saturated rings. The summed E-state index contributed by atoms with van der Waals surface area (Å²) in [5.74, 6) is 0. The summed E-state index contributed by atoms with van der Waals surface area (Å²) in [7, 11) is 19.4. The van der Waals surface area contributed by atoms with Gasteiger partial charge in [-0.05, 0) is 84.6 Å². The molecule has 8 nitrogen and oxygen atoms in total. The van der Waals surface area contributed by atoms with Crippen molar-refractivity contribution in [3.05, 3.63) is 0 Å². The molecule has 0 saturated carbocycles. The zero-order valence-corrected chi connectivity index (χ0v) is 17.1. The zero-order chi connectivity index (χ0) is 18.8. The first-order chi connectivity index (χ1) is 8.93. The average Bonchev–Trinajstić information content (AvgIpc) is 1.91. The van der Waals surface area contributed by atoms with Crippen molar-refractivity contribution in [2.45, 2.75) is 0 Å². The molecule has 0 radical (unpaired) electrons. The Morgan fingerprint density at radius 2 is 0.381 bits per heavy atom. The highest BCUT2D eigenvalue weighted by Gasteiger charge is 2.22. The van der Waals surface area contributed by atoms with Gasteiger partial charge in [0.25, 0.3) is 0 Å². The van der Waals surface area contributed by atoms with Gasteiger partial charge in [-0.15, -0.1) is 0 Å². The normalized spacial score (nSPS) is 9.71. The molecule has 0 aromatic rings. The topological polar surface area (TPSA) is 93.9 Å². The van der Waals surface area contributed by atoms with Crippen LogP contribution in [0.5, 0.6) is 0 Å². The Bertz CT molecular complexity index is 125. The molecular formula is C12H40N4O4Si. The van der Waals surface area contributed by atoms with E-state index in [1.165, 1.54) is 0 Å². The molecule has 136 valence electrons. The predicted molar refractivity (Wildman–Crippen MR) is 93.1 cm³/mol. The van der Waals surface area contributed by atoms with Gasteiger partial charge in [0.15, 0.2) is 0 Å². The summed E-state index contributed by atoms with van der Waals surface area (Å²) in [6, 6.07) is 0. The van der Waals surface area contributed by atoms with Crippen molar-refractivity contribution in [3.63, 3.8) is 0 Å². The molecule has 0 bridgehead atoms. The van der Waals surface area contributed by atoms with E-state index in [0.717, 1.165) is 0 Å². The highest BCUT2D eigenvalue weighted by atomic mass is 28.4. The summed E-state index contributed by atoms with van der Waals surface area (Å²) in [4.78, 5) is 37.3. The maximum atomic E-state index is 7.33. The first kappa shape index (κ1) is 32.7. The van der Waals surface area contributed by atoms with Crippen molar-refractivity contribution >= 4 is 9.05 Å².